The van der Waals surface area contributed by atoms with Gasteiger partial charge in [-0.15, -0.1) is 0 Å². The molecule has 0 unspecified atom stereocenters. The molecule has 1 aliphatic rings. The maximum absolute atomic E-state index is 11.6. The highest BCUT2D eigenvalue weighted by atomic mass is 32.1. The topological polar surface area (TPSA) is 23.6 Å². The van der Waals surface area contributed by atoms with Crippen molar-refractivity contribution >= 4 is 18.5 Å². The van der Waals surface area contributed by atoms with E-state index < -0.39 is 0 Å². The van der Waals surface area contributed by atoms with Gasteiger partial charge in [-0.2, -0.15) is 12.6 Å². The average molecular weight is 276 g/mol. The maximum Gasteiger partial charge on any atom is 0.236 e. The van der Waals surface area contributed by atoms with Crippen LogP contribution in [0.15, 0.2) is 36.7 Å². The summed E-state index contributed by atoms with van der Waals surface area (Å²) < 4.78 is 0. The Balaban J connectivity index is 2.02. The van der Waals surface area contributed by atoms with Crippen molar-refractivity contribution in [2.24, 2.45) is 0 Å². The first-order valence-corrected chi connectivity index (χ1v) is 7.21. The van der Waals surface area contributed by atoms with Gasteiger partial charge in [0.1, 0.15) is 0 Å². The first-order valence-electron chi connectivity index (χ1n) is 6.58. The Kier molecular flexibility index (Phi) is 4.91. The van der Waals surface area contributed by atoms with Crippen LogP contribution in [0.25, 0.3) is 0 Å². The van der Waals surface area contributed by atoms with Crippen molar-refractivity contribution in [3.05, 3.63) is 47.8 Å². The summed E-state index contributed by atoms with van der Waals surface area (Å²) in [5.74, 6) is 0.333. The van der Waals surface area contributed by atoms with E-state index >= 15 is 0 Å². The molecule has 0 saturated heterocycles. The number of rotatable bonds is 3. The van der Waals surface area contributed by atoms with Crippen LogP contribution in [0.5, 0.6) is 0 Å². The lowest BCUT2D eigenvalue weighted by Gasteiger charge is -2.19. The van der Waals surface area contributed by atoms with Crippen molar-refractivity contribution < 1.29 is 4.79 Å². The molecule has 0 bridgehead atoms. The molecule has 0 atom stereocenters. The van der Waals surface area contributed by atoms with Gasteiger partial charge in [-0.3, -0.25) is 4.79 Å². The molecule has 102 valence electrons. The third kappa shape index (κ3) is 3.77. The van der Waals surface area contributed by atoms with Gasteiger partial charge in [0.2, 0.25) is 5.91 Å². The van der Waals surface area contributed by atoms with E-state index in [2.05, 4.69) is 48.7 Å². The fraction of sp³-hybridized carbons (Fsp3) is 0.400. The number of carbonyl (C=O) groups excluding carboxylic acids is 1. The molecule has 0 aliphatic carbocycles. The minimum Gasteiger partial charge on any atom is -0.372 e. The van der Waals surface area contributed by atoms with Gasteiger partial charge in [-0.05, 0) is 24.5 Å². The van der Waals surface area contributed by atoms with Crippen LogP contribution in [0.2, 0.25) is 0 Å². The first kappa shape index (κ1) is 14.0. The summed E-state index contributed by atoms with van der Waals surface area (Å²) in [6.07, 6.45) is 4.88. The van der Waals surface area contributed by atoms with Gasteiger partial charge in [0.05, 0.1) is 5.75 Å². The maximum atomic E-state index is 11.6. The highest BCUT2D eigenvalue weighted by Crippen LogP contribution is 2.13. The Morgan fingerprint density at radius 1 is 1.26 bits per heavy atom. The molecule has 1 heterocycles. The normalized spacial score (nSPS) is 15.5. The fourth-order valence-corrected chi connectivity index (χ4v) is 2.39. The van der Waals surface area contributed by atoms with Crippen molar-refractivity contribution in [2.75, 3.05) is 18.8 Å². The molecule has 1 aromatic rings. The first-order chi connectivity index (χ1) is 9.20. The minimum absolute atomic E-state index is 0.0670. The lowest BCUT2D eigenvalue weighted by molar-refractivity contribution is -0.125. The van der Waals surface area contributed by atoms with E-state index in [4.69, 9.17) is 0 Å². The van der Waals surface area contributed by atoms with Gasteiger partial charge in [0.15, 0.2) is 0 Å². The van der Waals surface area contributed by atoms with Gasteiger partial charge in [0, 0.05) is 32.0 Å². The van der Waals surface area contributed by atoms with Crippen LogP contribution < -0.4 is 0 Å². The smallest absolute Gasteiger partial charge is 0.236 e. The summed E-state index contributed by atoms with van der Waals surface area (Å²) in [6, 6.07) is 8.42. The van der Waals surface area contributed by atoms with Gasteiger partial charge in [-0.25, -0.2) is 0 Å². The molecule has 1 aromatic carbocycles. The van der Waals surface area contributed by atoms with Crippen LogP contribution in [0.3, 0.4) is 0 Å². The summed E-state index contributed by atoms with van der Waals surface area (Å²) >= 11 is 4.04. The number of thiol groups is 1. The molecule has 0 saturated carbocycles. The second kappa shape index (κ2) is 6.66. The molecule has 1 amide bonds. The standard InChI is InChI=1S/C15H20N2OS/c1-13-5-2-3-6-14(13)11-16-7-4-8-17(10-9-16)15(18)12-19/h2-3,5-6,9-10,19H,4,7-8,11-12H2,1H3. The molecule has 0 aromatic heterocycles. The molecular formula is C15H20N2OS. The van der Waals surface area contributed by atoms with Crippen LogP contribution in [0.4, 0.5) is 0 Å². The molecule has 3 nitrogen and oxygen atoms in total. The van der Waals surface area contributed by atoms with Crippen LogP contribution in [-0.2, 0) is 11.3 Å². The van der Waals surface area contributed by atoms with Crippen molar-refractivity contribution in [1.29, 1.82) is 0 Å². The van der Waals surface area contributed by atoms with Gasteiger partial charge in [0.25, 0.3) is 0 Å². The minimum atomic E-state index is 0.0670. The zero-order chi connectivity index (χ0) is 13.7. The van der Waals surface area contributed by atoms with Crippen molar-refractivity contribution in [3.8, 4) is 0 Å². The van der Waals surface area contributed by atoms with E-state index in [1.54, 1.807) is 4.90 Å². The number of carbonyl (C=O) groups is 1. The Morgan fingerprint density at radius 3 is 2.79 bits per heavy atom. The Labute approximate surface area is 120 Å². The molecule has 0 N–H and O–H groups in total. The van der Waals surface area contributed by atoms with E-state index in [0.717, 1.165) is 26.1 Å². The quantitative estimate of drug-likeness (QED) is 0.857. The van der Waals surface area contributed by atoms with Crippen LogP contribution in [-0.4, -0.2) is 34.5 Å². The fourth-order valence-electron chi connectivity index (χ4n) is 2.20. The summed E-state index contributed by atoms with van der Waals surface area (Å²) in [5.41, 5.74) is 2.64. The molecule has 1 aliphatic heterocycles. The largest absolute Gasteiger partial charge is 0.372 e. The summed E-state index contributed by atoms with van der Waals surface area (Å²) in [6.45, 7) is 4.78. The second-order valence-electron chi connectivity index (χ2n) is 4.79. The van der Waals surface area contributed by atoms with E-state index in [1.807, 2.05) is 12.4 Å². The van der Waals surface area contributed by atoms with E-state index in [-0.39, 0.29) is 11.7 Å². The average Bonchev–Trinajstić information content (AvgIpc) is 2.66. The number of nitrogens with zero attached hydrogens (tertiary/aromatic N) is 2. The number of aryl methyl sites for hydroxylation is 1. The molecule has 0 fully saturated rings. The molecular weight excluding hydrogens is 256 g/mol. The van der Waals surface area contributed by atoms with Crippen LogP contribution in [0.1, 0.15) is 17.5 Å². The highest BCUT2D eigenvalue weighted by Gasteiger charge is 2.13. The molecule has 4 heteroatoms. The predicted molar refractivity (Wildman–Crippen MR) is 80.9 cm³/mol. The molecule has 19 heavy (non-hydrogen) atoms. The van der Waals surface area contributed by atoms with E-state index in [9.17, 15) is 4.79 Å². The Bertz CT molecular complexity index is 473. The molecule has 0 radical (unpaired) electrons. The van der Waals surface area contributed by atoms with Gasteiger partial charge in [-0.1, -0.05) is 24.3 Å². The van der Waals surface area contributed by atoms with Gasteiger partial charge >= 0.3 is 0 Å². The van der Waals surface area contributed by atoms with Crippen molar-refractivity contribution in [1.82, 2.24) is 9.80 Å². The summed E-state index contributed by atoms with van der Waals surface area (Å²) in [5, 5.41) is 0. The predicted octanol–water partition coefficient (Wildman–Crippen LogP) is 2.43. The highest BCUT2D eigenvalue weighted by molar-refractivity contribution is 7.81. The van der Waals surface area contributed by atoms with Crippen molar-refractivity contribution in [2.45, 2.75) is 19.9 Å². The Morgan fingerprint density at radius 2 is 2.05 bits per heavy atom. The van der Waals surface area contributed by atoms with Crippen molar-refractivity contribution in [3.63, 3.8) is 0 Å². The Hall–Kier alpha value is -1.42. The van der Waals surface area contributed by atoms with Crippen LogP contribution >= 0.6 is 12.6 Å². The number of hydrogen-bond donors (Lipinski definition) is 1. The molecule has 0 spiro atoms. The third-order valence-corrected chi connectivity index (χ3v) is 3.66. The van der Waals surface area contributed by atoms with E-state index in [1.165, 1.54) is 11.1 Å². The SMILES string of the molecule is Cc1ccccc1CN1C=CN(C(=O)CS)CCC1. The third-order valence-electron chi connectivity index (χ3n) is 3.39. The molecule has 2 rings (SSSR count). The summed E-state index contributed by atoms with van der Waals surface area (Å²) in [4.78, 5) is 15.6. The lowest BCUT2D eigenvalue weighted by Crippen LogP contribution is -2.27. The monoisotopic (exact) mass is 276 g/mol. The number of amides is 1. The lowest BCUT2D eigenvalue weighted by atomic mass is 10.1. The van der Waals surface area contributed by atoms with E-state index in [0.29, 0.717) is 0 Å². The van der Waals surface area contributed by atoms with Gasteiger partial charge < -0.3 is 9.80 Å². The summed E-state index contributed by atoms with van der Waals surface area (Å²) in [7, 11) is 0. The number of benzene rings is 1. The zero-order valence-corrected chi connectivity index (χ0v) is 12.1. The second-order valence-corrected chi connectivity index (χ2v) is 5.11. The van der Waals surface area contributed by atoms with Crippen LogP contribution in [0, 0.1) is 6.92 Å². The number of hydrogen-bond acceptors (Lipinski definition) is 3. The zero-order valence-electron chi connectivity index (χ0n) is 11.2.